The molecule has 1 aliphatic rings. The van der Waals surface area contributed by atoms with Gasteiger partial charge in [0, 0.05) is 27.3 Å². The molecule has 1 rings (SSSR count). The summed E-state index contributed by atoms with van der Waals surface area (Å²) in [6, 6.07) is 0. The summed E-state index contributed by atoms with van der Waals surface area (Å²) < 4.78 is 35.1. The zero-order valence-electron chi connectivity index (χ0n) is 9.83. The third-order valence-electron chi connectivity index (χ3n) is 2.75. The van der Waals surface area contributed by atoms with Gasteiger partial charge < -0.3 is 14.6 Å². The van der Waals surface area contributed by atoms with Crippen LogP contribution in [0.1, 0.15) is 6.42 Å². The lowest BCUT2D eigenvalue weighted by molar-refractivity contribution is -0.136. The Hall–Kier alpha value is -0.700. The molecule has 7 nitrogen and oxygen atoms in total. The topological polar surface area (TPSA) is 93.1 Å². The van der Waals surface area contributed by atoms with Gasteiger partial charge in [-0.3, -0.25) is 4.79 Å². The fourth-order valence-corrected chi connectivity index (χ4v) is 3.18. The molecule has 0 bridgehead atoms. The van der Waals surface area contributed by atoms with Gasteiger partial charge in [0.1, 0.15) is 0 Å². The Kier molecular flexibility index (Phi) is 4.87. The summed E-state index contributed by atoms with van der Waals surface area (Å²) in [7, 11) is -0.568. The highest BCUT2D eigenvalue weighted by Crippen LogP contribution is 2.19. The van der Waals surface area contributed by atoms with Gasteiger partial charge in [0.05, 0.1) is 24.4 Å². The molecule has 0 aromatic carbocycles. The Morgan fingerprint density at radius 3 is 2.12 bits per heavy atom. The summed E-state index contributed by atoms with van der Waals surface area (Å²) in [5, 5.41) is 8.48. The van der Waals surface area contributed by atoms with Gasteiger partial charge >= 0.3 is 5.97 Å². The monoisotopic (exact) mass is 267 g/mol. The second kappa shape index (κ2) is 5.76. The van der Waals surface area contributed by atoms with Crippen molar-refractivity contribution < 1.29 is 27.8 Å². The van der Waals surface area contributed by atoms with Crippen molar-refractivity contribution in [1.29, 1.82) is 0 Å². The third-order valence-corrected chi connectivity index (χ3v) is 4.56. The van der Waals surface area contributed by atoms with Crippen LogP contribution in [-0.2, 0) is 24.3 Å². The summed E-state index contributed by atoms with van der Waals surface area (Å²) >= 11 is 0. The molecule has 100 valence electrons. The first kappa shape index (κ1) is 14.4. The number of aliphatic carboxylic acids is 1. The van der Waals surface area contributed by atoms with E-state index in [-0.39, 0.29) is 25.3 Å². The standard InChI is InChI=1S/C9H17NO6S/c1-15-7-5-10(6-8(7)16-2)17(13,14)4-3-9(11)12/h7-8H,3-6H2,1-2H3,(H,11,12). The van der Waals surface area contributed by atoms with E-state index in [9.17, 15) is 13.2 Å². The number of hydrogen-bond donors (Lipinski definition) is 1. The number of sulfonamides is 1. The minimum atomic E-state index is -3.55. The fraction of sp³-hybridized carbons (Fsp3) is 0.889. The maximum Gasteiger partial charge on any atom is 0.304 e. The summed E-state index contributed by atoms with van der Waals surface area (Å²) in [6.07, 6.45) is -1.01. The van der Waals surface area contributed by atoms with Crippen molar-refractivity contribution in [1.82, 2.24) is 4.31 Å². The molecule has 1 N–H and O–H groups in total. The molecule has 2 unspecified atom stereocenters. The van der Waals surface area contributed by atoms with Gasteiger partial charge in [0.25, 0.3) is 0 Å². The first-order valence-corrected chi connectivity index (χ1v) is 6.77. The van der Waals surface area contributed by atoms with Crippen LogP contribution in [0.15, 0.2) is 0 Å². The average molecular weight is 267 g/mol. The highest BCUT2D eigenvalue weighted by atomic mass is 32.2. The Bertz CT molecular complexity index is 356. The van der Waals surface area contributed by atoms with Gasteiger partial charge in [-0.05, 0) is 0 Å². The summed E-state index contributed by atoms with van der Waals surface area (Å²) in [4.78, 5) is 10.4. The van der Waals surface area contributed by atoms with E-state index in [1.807, 2.05) is 0 Å². The van der Waals surface area contributed by atoms with E-state index in [4.69, 9.17) is 14.6 Å². The number of rotatable bonds is 6. The Morgan fingerprint density at radius 1 is 1.29 bits per heavy atom. The van der Waals surface area contributed by atoms with Crippen molar-refractivity contribution in [2.24, 2.45) is 0 Å². The number of carboxylic acids is 1. The number of carboxylic acid groups (broad SMARTS) is 1. The van der Waals surface area contributed by atoms with E-state index in [0.717, 1.165) is 0 Å². The lowest BCUT2D eigenvalue weighted by Gasteiger charge is -2.14. The van der Waals surface area contributed by atoms with Crippen LogP contribution in [-0.4, -0.2) is 69.1 Å². The molecule has 1 aliphatic heterocycles. The van der Waals surface area contributed by atoms with Crippen molar-refractivity contribution in [3.63, 3.8) is 0 Å². The molecular formula is C9H17NO6S. The zero-order valence-corrected chi connectivity index (χ0v) is 10.6. The van der Waals surface area contributed by atoms with Crippen LogP contribution in [0.2, 0.25) is 0 Å². The number of carbonyl (C=O) groups is 1. The van der Waals surface area contributed by atoms with Crippen molar-refractivity contribution in [2.45, 2.75) is 18.6 Å². The van der Waals surface area contributed by atoms with E-state index in [1.54, 1.807) is 0 Å². The molecule has 2 atom stereocenters. The quantitative estimate of drug-likeness (QED) is 0.673. The van der Waals surface area contributed by atoms with Crippen molar-refractivity contribution in [3.8, 4) is 0 Å². The smallest absolute Gasteiger partial charge is 0.304 e. The number of methoxy groups -OCH3 is 2. The SMILES string of the molecule is COC1CN(S(=O)(=O)CCC(=O)O)CC1OC. The van der Waals surface area contributed by atoms with E-state index < -0.39 is 28.2 Å². The Balaban J connectivity index is 2.65. The first-order chi connectivity index (χ1) is 7.90. The molecule has 0 amide bonds. The normalized spacial score (nSPS) is 26.2. The van der Waals surface area contributed by atoms with Crippen LogP contribution < -0.4 is 0 Å². The first-order valence-electron chi connectivity index (χ1n) is 5.16. The maximum absolute atomic E-state index is 11.8. The highest BCUT2D eigenvalue weighted by molar-refractivity contribution is 7.89. The Labute approximate surface area is 100 Å². The lowest BCUT2D eigenvalue weighted by Crippen LogP contribution is -2.32. The number of hydrogen-bond acceptors (Lipinski definition) is 5. The molecule has 0 saturated carbocycles. The molecule has 8 heteroatoms. The summed E-state index contributed by atoms with van der Waals surface area (Å²) in [6.45, 7) is 0.411. The minimum Gasteiger partial charge on any atom is -0.481 e. The second-order valence-corrected chi connectivity index (χ2v) is 5.91. The molecular weight excluding hydrogens is 250 g/mol. The molecule has 1 saturated heterocycles. The van der Waals surface area contributed by atoms with E-state index >= 15 is 0 Å². The summed E-state index contributed by atoms with van der Waals surface area (Å²) in [5.41, 5.74) is 0. The molecule has 0 radical (unpaired) electrons. The predicted molar refractivity (Wildman–Crippen MR) is 59.2 cm³/mol. The van der Waals surface area contributed by atoms with Crippen molar-refractivity contribution >= 4 is 16.0 Å². The van der Waals surface area contributed by atoms with Crippen LogP contribution in [0.5, 0.6) is 0 Å². The molecule has 0 spiro atoms. The van der Waals surface area contributed by atoms with Crippen molar-refractivity contribution in [3.05, 3.63) is 0 Å². The molecule has 17 heavy (non-hydrogen) atoms. The van der Waals surface area contributed by atoms with E-state index in [1.165, 1.54) is 18.5 Å². The zero-order chi connectivity index (χ0) is 13.1. The van der Waals surface area contributed by atoms with E-state index in [2.05, 4.69) is 0 Å². The third kappa shape index (κ3) is 3.63. The van der Waals surface area contributed by atoms with Gasteiger partial charge in [-0.25, -0.2) is 8.42 Å². The van der Waals surface area contributed by atoms with Crippen LogP contribution in [0.4, 0.5) is 0 Å². The number of nitrogens with zero attached hydrogens (tertiary/aromatic N) is 1. The maximum atomic E-state index is 11.8. The minimum absolute atomic E-state index is 0.205. The number of ether oxygens (including phenoxy) is 2. The van der Waals surface area contributed by atoms with Crippen LogP contribution in [0, 0.1) is 0 Å². The predicted octanol–water partition coefficient (Wildman–Crippen LogP) is -0.863. The lowest BCUT2D eigenvalue weighted by atomic mass is 10.3. The van der Waals surface area contributed by atoms with Gasteiger partial charge in [-0.1, -0.05) is 0 Å². The van der Waals surface area contributed by atoms with Gasteiger partial charge in [0.15, 0.2) is 0 Å². The van der Waals surface area contributed by atoms with Gasteiger partial charge in [-0.2, -0.15) is 4.31 Å². The van der Waals surface area contributed by atoms with Crippen molar-refractivity contribution in [2.75, 3.05) is 33.1 Å². The van der Waals surface area contributed by atoms with E-state index in [0.29, 0.717) is 0 Å². The summed E-state index contributed by atoms with van der Waals surface area (Å²) in [5.74, 6) is -1.52. The molecule has 1 heterocycles. The Morgan fingerprint density at radius 2 is 1.76 bits per heavy atom. The average Bonchev–Trinajstić information content (AvgIpc) is 2.70. The molecule has 1 fully saturated rings. The van der Waals surface area contributed by atoms with Gasteiger partial charge in [0.2, 0.25) is 10.0 Å². The molecule has 0 aromatic rings. The largest absolute Gasteiger partial charge is 0.481 e. The van der Waals surface area contributed by atoms with Crippen LogP contribution in [0.25, 0.3) is 0 Å². The second-order valence-electron chi connectivity index (χ2n) is 3.83. The van der Waals surface area contributed by atoms with Gasteiger partial charge in [-0.15, -0.1) is 0 Å². The van der Waals surface area contributed by atoms with Crippen LogP contribution in [0.3, 0.4) is 0 Å². The molecule has 0 aromatic heterocycles. The van der Waals surface area contributed by atoms with Crippen LogP contribution >= 0.6 is 0 Å². The highest BCUT2D eigenvalue weighted by Gasteiger charge is 2.38. The fourth-order valence-electron chi connectivity index (χ4n) is 1.74. The molecule has 0 aliphatic carbocycles.